The van der Waals surface area contributed by atoms with Crippen molar-refractivity contribution in [1.29, 1.82) is 0 Å². The molecule has 0 aromatic carbocycles. The number of rotatable bonds is 2. The average molecular weight is 332 g/mol. The highest BCUT2D eigenvalue weighted by Crippen LogP contribution is 2.32. The Hall–Kier alpha value is -2.06. The number of aromatic nitrogens is 2. The van der Waals surface area contributed by atoms with E-state index in [1.807, 2.05) is 0 Å². The number of piperidine rings is 1. The van der Waals surface area contributed by atoms with Gasteiger partial charge in [0.25, 0.3) is 5.91 Å². The monoisotopic (exact) mass is 332 g/mol. The molecule has 1 aromatic heterocycles. The van der Waals surface area contributed by atoms with Gasteiger partial charge in [-0.1, -0.05) is 0 Å². The number of carbonyl (C=O) groups is 2. The van der Waals surface area contributed by atoms with Gasteiger partial charge in [0.1, 0.15) is 6.04 Å². The molecule has 2 heterocycles. The molecular formula is C14H19F3N4O2. The van der Waals surface area contributed by atoms with Gasteiger partial charge >= 0.3 is 6.18 Å². The number of aryl methyl sites for hydroxylation is 2. The van der Waals surface area contributed by atoms with Crippen LogP contribution in [0.4, 0.5) is 13.2 Å². The molecule has 2 amide bonds. The molecule has 0 saturated carbocycles. The number of carbonyl (C=O) groups excluding carboxylic acids is 2. The van der Waals surface area contributed by atoms with Gasteiger partial charge in [0, 0.05) is 32.8 Å². The molecule has 1 fully saturated rings. The predicted octanol–water partition coefficient (Wildman–Crippen LogP) is 1.40. The minimum atomic E-state index is -4.46. The average Bonchev–Trinajstić information content (AvgIpc) is 2.76. The van der Waals surface area contributed by atoms with Gasteiger partial charge in [-0.25, -0.2) is 0 Å². The van der Waals surface area contributed by atoms with E-state index in [0.717, 1.165) is 11.8 Å². The minimum absolute atomic E-state index is 0.148. The van der Waals surface area contributed by atoms with E-state index < -0.39 is 30.1 Å². The van der Waals surface area contributed by atoms with Crippen LogP contribution in [-0.2, 0) is 11.8 Å². The second-order valence-corrected chi connectivity index (χ2v) is 5.78. The van der Waals surface area contributed by atoms with Crippen molar-refractivity contribution in [2.45, 2.75) is 44.9 Å². The maximum Gasteiger partial charge on any atom is 0.408 e. The van der Waals surface area contributed by atoms with Crippen LogP contribution in [0.3, 0.4) is 0 Å². The fourth-order valence-corrected chi connectivity index (χ4v) is 2.86. The fourth-order valence-electron chi connectivity index (χ4n) is 2.86. The van der Waals surface area contributed by atoms with Gasteiger partial charge in [0.15, 0.2) is 0 Å². The van der Waals surface area contributed by atoms with Gasteiger partial charge in [0.2, 0.25) is 5.91 Å². The molecule has 2 atom stereocenters. The molecule has 1 aromatic rings. The highest BCUT2D eigenvalue weighted by molar-refractivity contribution is 5.95. The number of likely N-dealkylation sites (tertiary alicyclic amines) is 1. The fraction of sp³-hybridized carbons (Fsp3) is 0.643. The number of halogens is 3. The Kier molecular flexibility index (Phi) is 4.67. The standard InChI is InChI=1S/C14H19F3N4O2/c1-8-11(7-20(3)19-8)13(23)18-10-4-5-12(14(15,16)17)21(6-10)9(2)22/h7,10,12H,4-6H2,1-3H3,(H,18,23)/t10-,12-/m1/s1. The maximum absolute atomic E-state index is 13.0. The number of hydrogen-bond acceptors (Lipinski definition) is 3. The van der Waals surface area contributed by atoms with Gasteiger partial charge in [0.05, 0.1) is 11.3 Å². The van der Waals surface area contributed by atoms with Crippen molar-refractivity contribution >= 4 is 11.8 Å². The molecule has 128 valence electrons. The smallest absolute Gasteiger partial charge is 0.347 e. The topological polar surface area (TPSA) is 67.2 Å². The second-order valence-electron chi connectivity index (χ2n) is 5.78. The maximum atomic E-state index is 13.0. The van der Waals surface area contributed by atoms with Crippen LogP contribution in [0, 0.1) is 6.92 Å². The summed E-state index contributed by atoms with van der Waals surface area (Å²) < 4.78 is 40.4. The summed E-state index contributed by atoms with van der Waals surface area (Å²) in [5.41, 5.74) is 0.914. The van der Waals surface area contributed by atoms with Gasteiger partial charge in [-0.05, 0) is 19.8 Å². The van der Waals surface area contributed by atoms with Crippen molar-refractivity contribution < 1.29 is 22.8 Å². The van der Waals surface area contributed by atoms with E-state index in [-0.39, 0.29) is 19.4 Å². The van der Waals surface area contributed by atoms with E-state index in [2.05, 4.69) is 10.4 Å². The largest absolute Gasteiger partial charge is 0.408 e. The molecule has 0 bridgehead atoms. The minimum Gasteiger partial charge on any atom is -0.347 e. The third-order valence-corrected chi connectivity index (χ3v) is 3.96. The summed E-state index contributed by atoms with van der Waals surface area (Å²) in [6, 6.07) is -2.29. The first-order valence-electron chi connectivity index (χ1n) is 7.24. The number of nitrogens with one attached hydrogen (secondary N) is 1. The summed E-state index contributed by atoms with van der Waals surface area (Å²) in [4.78, 5) is 24.5. The molecule has 1 aliphatic heterocycles. The number of hydrogen-bond donors (Lipinski definition) is 1. The first-order chi connectivity index (χ1) is 10.6. The van der Waals surface area contributed by atoms with Crippen LogP contribution in [0.1, 0.15) is 35.8 Å². The summed E-state index contributed by atoms with van der Waals surface area (Å²) in [5.74, 6) is -1.04. The van der Waals surface area contributed by atoms with Crippen molar-refractivity contribution in [2.24, 2.45) is 7.05 Å². The van der Waals surface area contributed by atoms with E-state index in [0.29, 0.717) is 11.3 Å². The molecule has 0 spiro atoms. The molecule has 9 heteroatoms. The van der Waals surface area contributed by atoms with E-state index >= 15 is 0 Å². The van der Waals surface area contributed by atoms with Crippen LogP contribution in [0.25, 0.3) is 0 Å². The van der Waals surface area contributed by atoms with E-state index in [4.69, 9.17) is 0 Å². The van der Waals surface area contributed by atoms with E-state index in [9.17, 15) is 22.8 Å². The van der Waals surface area contributed by atoms with Gasteiger partial charge in [-0.2, -0.15) is 18.3 Å². The van der Waals surface area contributed by atoms with Crippen LogP contribution in [0.15, 0.2) is 6.20 Å². The van der Waals surface area contributed by atoms with E-state index in [1.165, 1.54) is 4.68 Å². The molecule has 0 radical (unpaired) electrons. The zero-order chi connectivity index (χ0) is 17.4. The van der Waals surface area contributed by atoms with Crippen molar-refractivity contribution in [3.05, 3.63) is 17.5 Å². The van der Waals surface area contributed by atoms with Crippen LogP contribution in [-0.4, -0.2) is 51.3 Å². The zero-order valence-electron chi connectivity index (χ0n) is 13.1. The Morgan fingerprint density at radius 3 is 2.48 bits per heavy atom. The predicted molar refractivity (Wildman–Crippen MR) is 75.7 cm³/mol. The molecular weight excluding hydrogens is 313 g/mol. The molecule has 1 N–H and O–H groups in total. The molecule has 0 aliphatic carbocycles. The summed E-state index contributed by atoms with van der Waals surface area (Å²) in [5, 5.41) is 6.75. The molecule has 1 aliphatic rings. The van der Waals surface area contributed by atoms with Crippen molar-refractivity contribution in [1.82, 2.24) is 20.0 Å². The van der Waals surface area contributed by atoms with Gasteiger partial charge in [-0.3, -0.25) is 14.3 Å². The normalized spacial score (nSPS) is 22.1. The first kappa shape index (κ1) is 17.3. The second kappa shape index (κ2) is 6.21. The summed E-state index contributed by atoms with van der Waals surface area (Å²) in [6.45, 7) is 2.64. The highest BCUT2D eigenvalue weighted by atomic mass is 19.4. The Balaban J connectivity index is 2.07. The molecule has 23 heavy (non-hydrogen) atoms. The van der Waals surface area contributed by atoms with Crippen molar-refractivity contribution in [3.63, 3.8) is 0 Å². The quantitative estimate of drug-likeness (QED) is 0.890. The van der Waals surface area contributed by atoms with Gasteiger partial charge in [-0.15, -0.1) is 0 Å². The molecule has 6 nitrogen and oxygen atoms in total. The highest BCUT2D eigenvalue weighted by Gasteiger charge is 2.47. The Morgan fingerprint density at radius 1 is 1.35 bits per heavy atom. The molecule has 2 rings (SSSR count). The Bertz CT molecular complexity index is 612. The number of nitrogens with zero attached hydrogens (tertiary/aromatic N) is 3. The first-order valence-corrected chi connectivity index (χ1v) is 7.24. The molecule has 0 unspecified atom stereocenters. The lowest BCUT2D eigenvalue weighted by molar-refractivity contribution is -0.196. The van der Waals surface area contributed by atoms with Crippen LogP contribution in [0.5, 0.6) is 0 Å². The van der Waals surface area contributed by atoms with Crippen LogP contribution in [0.2, 0.25) is 0 Å². The number of alkyl halides is 3. The lowest BCUT2D eigenvalue weighted by Gasteiger charge is -2.40. The third kappa shape index (κ3) is 3.83. The van der Waals surface area contributed by atoms with Gasteiger partial charge < -0.3 is 10.2 Å². The van der Waals surface area contributed by atoms with Crippen LogP contribution >= 0.6 is 0 Å². The third-order valence-electron chi connectivity index (χ3n) is 3.96. The molecule has 1 saturated heterocycles. The lowest BCUT2D eigenvalue weighted by atomic mass is 9.97. The summed E-state index contributed by atoms with van der Waals surface area (Å²) in [6.07, 6.45) is -2.96. The van der Waals surface area contributed by atoms with E-state index in [1.54, 1.807) is 20.2 Å². The number of amides is 2. The zero-order valence-corrected chi connectivity index (χ0v) is 13.1. The lowest BCUT2D eigenvalue weighted by Crippen LogP contribution is -2.57. The SMILES string of the molecule is CC(=O)N1C[C@H](NC(=O)c2cn(C)nc2C)CC[C@@H]1C(F)(F)F. The Morgan fingerprint density at radius 2 is 2.00 bits per heavy atom. The van der Waals surface area contributed by atoms with Crippen molar-refractivity contribution in [2.75, 3.05) is 6.54 Å². The Labute approximate surface area is 131 Å². The van der Waals surface area contributed by atoms with Crippen molar-refractivity contribution in [3.8, 4) is 0 Å². The summed E-state index contributed by atoms with van der Waals surface area (Å²) >= 11 is 0. The van der Waals surface area contributed by atoms with Crippen LogP contribution < -0.4 is 5.32 Å². The summed E-state index contributed by atoms with van der Waals surface area (Å²) in [7, 11) is 1.68.